The van der Waals surface area contributed by atoms with E-state index in [4.69, 9.17) is 4.74 Å². The summed E-state index contributed by atoms with van der Waals surface area (Å²) in [5, 5.41) is 4.16. The summed E-state index contributed by atoms with van der Waals surface area (Å²) in [5.41, 5.74) is 1.16. The van der Waals surface area contributed by atoms with Crippen LogP contribution in [0.5, 0.6) is 5.75 Å². The van der Waals surface area contributed by atoms with Gasteiger partial charge in [-0.3, -0.25) is 9.48 Å². The minimum absolute atomic E-state index is 0.128. The molecule has 0 N–H and O–H groups in total. The summed E-state index contributed by atoms with van der Waals surface area (Å²) in [6.07, 6.45) is 3.53. The third-order valence-corrected chi connectivity index (χ3v) is 4.31. The molecule has 1 fully saturated rings. The first kappa shape index (κ1) is 15.4. The van der Waals surface area contributed by atoms with Crippen LogP contribution in [0, 0.1) is 0 Å². The van der Waals surface area contributed by atoms with E-state index >= 15 is 0 Å². The molecule has 23 heavy (non-hydrogen) atoms. The van der Waals surface area contributed by atoms with Gasteiger partial charge in [-0.2, -0.15) is 5.10 Å². The summed E-state index contributed by atoms with van der Waals surface area (Å²) in [6.45, 7) is 5.03. The monoisotopic (exact) mass is 314 g/mol. The number of aromatic nitrogens is 2. The maximum absolute atomic E-state index is 12.6. The molecule has 0 saturated carbocycles. The van der Waals surface area contributed by atoms with E-state index in [0.717, 1.165) is 37.6 Å². The van der Waals surface area contributed by atoms with Crippen molar-refractivity contribution in [2.75, 3.05) is 38.2 Å². The number of benzene rings is 1. The van der Waals surface area contributed by atoms with E-state index < -0.39 is 0 Å². The Balaban J connectivity index is 1.58. The highest BCUT2D eigenvalue weighted by Crippen LogP contribution is 2.21. The molecule has 0 radical (unpaired) electrons. The van der Waals surface area contributed by atoms with Crippen LogP contribution in [0.25, 0.3) is 0 Å². The summed E-state index contributed by atoms with van der Waals surface area (Å²) in [6, 6.07) is 9.63. The number of carbonyl (C=O) groups is 1. The molecular formula is C17H22N4O2. The van der Waals surface area contributed by atoms with E-state index in [9.17, 15) is 4.79 Å². The number of piperazine rings is 1. The zero-order valence-corrected chi connectivity index (χ0v) is 13.6. The molecule has 3 rings (SSSR count). The van der Waals surface area contributed by atoms with E-state index in [2.05, 4.69) is 22.1 Å². The average molecular weight is 314 g/mol. The van der Waals surface area contributed by atoms with Crippen molar-refractivity contribution in [3.8, 4) is 5.75 Å². The molecule has 6 heteroatoms. The van der Waals surface area contributed by atoms with Gasteiger partial charge in [0.2, 0.25) is 5.91 Å². The summed E-state index contributed by atoms with van der Waals surface area (Å²) in [4.78, 5) is 16.8. The van der Waals surface area contributed by atoms with Gasteiger partial charge in [-0.25, -0.2) is 0 Å². The number of hydrogen-bond donors (Lipinski definition) is 0. The third kappa shape index (κ3) is 3.31. The lowest BCUT2D eigenvalue weighted by Crippen LogP contribution is -2.50. The maximum atomic E-state index is 12.6. The molecule has 2 heterocycles. The fourth-order valence-electron chi connectivity index (χ4n) is 2.87. The summed E-state index contributed by atoms with van der Waals surface area (Å²) in [7, 11) is 1.67. The fraction of sp³-hybridized carbons (Fsp3) is 0.412. The Bertz CT molecular complexity index is 631. The Hall–Kier alpha value is -2.50. The van der Waals surface area contributed by atoms with Crippen LogP contribution in [0.2, 0.25) is 0 Å². The average Bonchev–Trinajstić information content (AvgIpc) is 3.15. The quantitative estimate of drug-likeness (QED) is 0.863. The van der Waals surface area contributed by atoms with Gasteiger partial charge in [-0.05, 0) is 37.3 Å². The van der Waals surface area contributed by atoms with Gasteiger partial charge in [0.15, 0.2) is 0 Å². The molecule has 1 saturated heterocycles. The fourth-order valence-corrected chi connectivity index (χ4v) is 2.87. The van der Waals surface area contributed by atoms with Crippen LogP contribution in [0.15, 0.2) is 42.7 Å². The molecule has 0 aliphatic carbocycles. The van der Waals surface area contributed by atoms with Crippen LogP contribution in [0.1, 0.15) is 13.0 Å². The molecule has 1 atom stereocenters. The zero-order valence-electron chi connectivity index (χ0n) is 13.6. The first-order chi connectivity index (χ1) is 11.2. The lowest BCUT2D eigenvalue weighted by Gasteiger charge is -2.37. The Kier molecular flexibility index (Phi) is 4.50. The molecule has 1 aliphatic rings. The molecular weight excluding hydrogens is 292 g/mol. The van der Waals surface area contributed by atoms with Gasteiger partial charge in [-0.15, -0.1) is 0 Å². The Morgan fingerprint density at radius 2 is 1.87 bits per heavy atom. The second-order valence-corrected chi connectivity index (χ2v) is 5.67. The first-order valence-corrected chi connectivity index (χ1v) is 7.86. The third-order valence-electron chi connectivity index (χ3n) is 4.31. The van der Waals surface area contributed by atoms with Crippen molar-refractivity contribution in [1.82, 2.24) is 14.7 Å². The minimum Gasteiger partial charge on any atom is -0.497 e. The Morgan fingerprint density at radius 3 is 2.43 bits per heavy atom. The van der Waals surface area contributed by atoms with Crippen molar-refractivity contribution in [1.29, 1.82) is 0 Å². The second-order valence-electron chi connectivity index (χ2n) is 5.67. The van der Waals surface area contributed by atoms with Gasteiger partial charge >= 0.3 is 0 Å². The lowest BCUT2D eigenvalue weighted by atomic mass is 10.2. The molecule has 1 amide bonds. The number of amides is 1. The number of nitrogens with zero attached hydrogens (tertiary/aromatic N) is 4. The van der Waals surface area contributed by atoms with Gasteiger partial charge in [0, 0.05) is 44.3 Å². The van der Waals surface area contributed by atoms with Crippen molar-refractivity contribution in [2.45, 2.75) is 13.0 Å². The number of rotatable bonds is 4. The van der Waals surface area contributed by atoms with Crippen molar-refractivity contribution in [3.05, 3.63) is 42.7 Å². The molecule has 1 unspecified atom stereocenters. The number of hydrogen-bond acceptors (Lipinski definition) is 4. The molecule has 2 aromatic rings. The first-order valence-electron chi connectivity index (χ1n) is 7.86. The van der Waals surface area contributed by atoms with E-state index in [1.807, 2.05) is 36.2 Å². The predicted molar refractivity (Wildman–Crippen MR) is 88.7 cm³/mol. The predicted octanol–water partition coefficient (Wildman–Crippen LogP) is 1.80. The van der Waals surface area contributed by atoms with Crippen LogP contribution < -0.4 is 9.64 Å². The highest BCUT2D eigenvalue weighted by atomic mass is 16.5. The normalized spacial score (nSPS) is 16.3. The van der Waals surface area contributed by atoms with Crippen LogP contribution >= 0.6 is 0 Å². The number of ether oxygens (including phenoxy) is 1. The van der Waals surface area contributed by atoms with E-state index in [-0.39, 0.29) is 11.9 Å². The van der Waals surface area contributed by atoms with Crippen molar-refractivity contribution in [2.24, 2.45) is 0 Å². The molecule has 0 bridgehead atoms. The van der Waals surface area contributed by atoms with Gasteiger partial charge in [-0.1, -0.05) is 0 Å². The number of carbonyl (C=O) groups excluding carboxylic acids is 1. The SMILES string of the molecule is COc1ccc(N2CCN(C(=O)C(C)n3cccn3)CC2)cc1. The standard InChI is InChI=1S/C17H22N4O2/c1-14(21-9-3-8-18-21)17(22)20-12-10-19(11-13-20)15-4-6-16(23-2)7-5-15/h3-9,14H,10-13H2,1-2H3. The molecule has 0 spiro atoms. The van der Waals surface area contributed by atoms with Crippen LogP contribution in [0.3, 0.4) is 0 Å². The van der Waals surface area contributed by atoms with Crippen LogP contribution in [0.4, 0.5) is 5.69 Å². The Labute approximate surface area is 136 Å². The Morgan fingerprint density at radius 1 is 1.17 bits per heavy atom. The molecule has 1 aliphatic heterocycles. The van der Waals surface area contributed by atoms with E-state index in [1.54, 1.807) is 18.0 Å². The molecule has 122 valence electrons. The van der Waals surface area contributed by atoms with Gasteiger partial charge < -0.3 is 14.5 Å². The zero-order chi connectivity index (χ0) is 16.2. The van der Waals surface area contributed by atoms with Gasteiger partial charge in [0.1, 0.15) is 11.8 Å². The van der Waals surface area contributed by atoms with Crippen molar-refractivity contribution < 1.29 is 9.53 Å². The highest BCUT2D eigenvalue weighted by molar-refractivity contribution is 5.80. The van der Waals surface area contributed by atoms with E-state index in [1.165, 1.54) is 0 Å². The van der Waals surface area contributed by atoms with Gasteiger partial charge in [0.05, 0.1) is 7.11 Å². The lowest BCUT2D eigenvalue weighted by molar-refractivity contribution is -0.134. The maximum Gasteiger partial charge on any atom is 0.247 e. The van der Waals surface area contributed by atoms with Crippen LogP contribution in [-0.4, -0.2) is 53.9 Å². The number of anilines is 1. The number of methoxy groups -OCH3 is 1. The molecule has 1 aromatic carbocycles. The summed E-state index contributed by atoms with van der Waals surface area (Å²) < 4.78 is 6.89. The summed E-state index contributed by atoms with van der Waals surface area (Å²) in [5.74, 6) is 0.985. The van der Waals surface area contributed by atoms with Crippen molar-refractivity contribution in [3.63, 3.8) is 0 Å². The molecule has 1 aromatic heterocycles. The second kappa shape index (κ2) is 6.73. The minimum atomic E-state index is -0.252. The van der Waals surface area contributed by atoms with Crippen LogP contribution in [-0.2, 0) is 4.79 Å². The van der Waals surface area contributed by atoms with Crippen molar-refractivity contribution >= 4 is 11.6 Å². The highest BCUT2D eigenvalue weighted by Gasteiger charge is 2.26. The largest absolute Gasteiger partial charge is 0.497 e. The van der Waals surface area contributed by atoms with E-state index in [0.29, 0.717) is 0 Å². The topological polar surface area (TPSA) is 50.6 Å². The summed E-state index contributed by atoms with van der Waals surface area (Å²) >= 11 is 0. The smallest absolute Gasteiger partial charge is 0.247 e. The van der Waals surface area contributed by atoms with Gasteiger partial charge in [0.25, 0.3) is 0 Å². The molecule has 6 nitrogen and oxygen atoms in total.